The van der Waals surface area contributed by atoms with Crippen molar-refractivity contribution >= 4 is 16.0 Å². The highest BCUT2D eigenvalue weighted by molar-refractivity contribution is 7.89. The average molecular weight is 285 g/mol. The minimum Gasteiger partial charge on any atom is -0.481 e. The molecule has 0 aliphatic rings. The van der Waals surface area contributed by atoms with Gasteiger partial charge in [0.2, 0.25) is 10.0 Å². The third-order valence-corrected chi connectivity index (χ3v) is 4.07. The van der Waals surface area contributed by atoms with Crippen molar-refractivity contribution in [2.24, 2.45) is 5.92 Å². The monoisotopic (exact) mass is 285 g/mol. The van der Waals surface area contributed by atoms with Crippen LogP contribution in [0.25, 0.3) is 0 Å². The Balaban J connectivity index is 2.83. The highest BCUT2D eigenvalue weighted by atomic mass is 32.2. The Morgan fingerprint density at radius 2 is 1.84 bits per heavy atom. The first-order valence-corrected chi connectivity index (χ1v) is 7.74. The number of nitrogens with one attached hydrogen (secondary N) is 1. The Labute approximate surface area is 113 Å². The lowest BCUT2D eigenvalue weighted by Gasteiger charge is -2.22. The van der Waals surface area contributed by atoms with Crippen molar-refractivity contribution in [3.63, 3.8) is 0 Å². The van der Waals surface area contributed by atoms with Gasteiger partial charge in [-0.2, -0.15) is 0 Å². The number of carbonyl (C=O) groups is 1. The summed E-state index contributed by atoms with van der Waals surface area (Å²) in [6.07, 6.45) is -0.394. The van der Waals surface area contributed by atoms with E-state index in [4.69, 9.17) is 5.11 Å². The summed E-state index contributed by atoms with van der Waals surface area (Å²) >= 11 is 0. The van der Waals surface area contributed by atoms with Crippen LogP contribution in [0, 0.1) is 5.92 Å². The molecule has 0 aliphatic heterocycles. The van der Waals surface area contributed by atoms with Gasteiger partial charge in [-0.15, -0.1) is 0 Å². The van der Waals surface area contributed by atoms with Crippen LogP contribution in [0.1, 0.15) is 31.9 Å². The number of aliphatic carboxylic acids is 1. The Morgan fingerprint density at radius 1 is 1.26 bits per heavy atom. The molecule has 0 saturated carbocycles. The number of carboxylic acids is 1. The van der Waals surface area contributed by atoms with E-state index in [1.165, 1.54) is 0 Å². The number of sulfonamides is 1. The second-order valence-corrected chi connectivity index (χ2v) is 6.59. The van der Waals surface area contributed by atoms with Gasteiger partial charge in [-0.1, -0.05) is 44.2 Å². The molecule has 1 rings (SSSR count). The van der Waals surface area contributed by atoms with Gasteiger partial charge in [-0.25, -0.2) is 13.1 Å². The van der Waals surface area contributed by atoms with Gasteiger partial charge in [0.05, 0.1) is 12.2 Å². The molecular weight excluding hydrogens is 266 g/mol. The van der Waals surface area contributed by atoms with Crippen molar-refractivity contribution in [2.75, 3.05) is 5.75 Å². The van der Waals surface area contributed by atoms with Gasteiger partial charge < -0.3 is 5.11 Å². The summed E-state index contributed by atoms with van der Waals surface area (Å²) in [5, 5.41) is 8.54. The second kappa shape index (κ2) is 6.68. The molecule has 1 aromatic rings. The van der Waals surface area contributed by atoms with Crippen molar-refractivity contribution in [3.05, 3.63) is 35.9 Å². The van der Waals surface area contributed by atoms with E-state index in [9.17, 15) is 13.2 Å². The fourth-order valence-electron chi connectivity index (χ4n) is 1.72. The average Bonchev–Trinajstić information content (AvgIpc) is 2.35. The van der Waals surface area contributed by atoms with Crippen LogP contribution in [-0.4, -0.2) is 25.2 Å². The van der Waals surface area contributed by atoms with Gasteiger partial charge in [0.15, 0.2) is 0 Å². The summed E-state index contributed by atoms with van der Waals surface area (Å²) in [7, 11) is -3.60. The zero-order chi connectivity index (χ0) is 14.5. The smallest absolute Gasteiger partial charge is 0.304 e. The standard InChI is InChI=1S/C13H19NO4S/c1-10(2)13(11-6-4-3-5-7-11)14-19(17,18)9-8-12(15)16/h3-7,10,13-14H,8-9H2,1-2H3,(H,15,16). The van der Waals surface area contributed by atoms with Crippen LogP contribution < -0.4 is 4.72 Å². The van der Waals surface area contributed by atoms with E-state index >= 15 is 0 Å². The molecule has 0 amide bonds. The topological polar surface area (TPSA) is 83.5 Å². The molecule has 0 aromatic heterocycles. The van der Waals surface area contributed by atoms with Crippen LogP contribution in [0.5, 0.6) is 0 Å². The van der Waals surface area contributed by atoms with E-state index in [1.54, 1.807) is 0 Å². The quantitative estimate of drug-likeness (QED) is 0.800. The summed E-state index contributed by atoms with van der Waals surface area (Å²) in [6, 6.07) is 8.90. The van der Waals surface area contributed by atoms with Gasteiger partial charge in [0, 0.05) is 6.04 Å². The SMILES string of the molecule is CC(C)C(NS(=O)(=O)CCC(=O)O)c1ccccc1. The molecule has 0 radical (unpaired) electrons. The van der Waals surface area contributed by atoms with E-state index in [2.05, 4.69) is 4.72 Å². The number of rotatable bonds is 7. The largest absolute Gasteiger partial charge is 0.481 e. The van der Waals surface area contributed by atoms with Crippen LogP contribution in [0.15, 0.2) is 30.3 Å². The summed E-state index contributed by atoms with van der Waals surface area (Å²) in [5.74, 6) is -1.45. The molecule has 0 spiro atoms. The van der Waals surface area contributed by atoms with Gasteiger partial charge in [-0.05, 0) is 11.5 Å². The third kappa shape index (κ3) is 5.40. The van der Waals surface area contributed by atoms with Crippen LogP contribution in [0.4, 0.5) is 0 Å². The Morgan fingerprint density at radius 3 is 2.32 bits per heavy atom. The number of benzene rings is 1. The highest BCUT2D eigenvalue weighted by Gasteiger charge is 2.22. The Kier molecular flexibility index (Phi) is 5.50. The molecule has 1 unspecified atom stereocenters. The molecule has 1 aromatic carbocycles. The maximum absolute atomic E-state index is 11.8. The molecule has 0 heterocycles. The van der Waals surface area contributed by atoms with E-state index < -0.39 is 28.2 Å². The lowest BCUT2D eigenvalue weighted by Crippen LogP contribution is -2.34. The molecule has 6 heteroatoms. The first kappa shape index (κ1) is 15.7. The lowest BCUT2D eigenvalue weighted by atomic mass is 9.97. The first-order chi connectivity index (χ1) is 8.82. The van der Waals surface area contributed by atoms with Gasteiger partial charge in [0.25, 0.3) is 0 Å². The van der Waals surface area contributed by atoms with Gasteiger partial charge in [-0.3, -0.25) is 4.79 Å². The van der Waals surface area contributed by atoms with Crippen LogP contribution in [-0.2, 0) is 14.8 Å². The molecular formula is C13H19NO4S. The van der Waals surface area contributed by atoms with Crippen molar-refractivity contribution in [3.8, 4) is 0 Å². The van der Waals surface area contributed by atoms with Gasteiger partial charge in [0.1, 0.15) is 0 Å². The zero-order valence-electron chi connectivity index (χ0n) is 11.0. The van der Waals surface area contributed by atoms with Crippen LogP contribution in [0.2, 0.25) is 0 Å². The fourth-order valence-corrected chi connectivity index (χ4v) is 3.08. The summed E-state index contributed by atoms with van der Waals surface area (Å²) in [6.45, 7) is 3.83. The predicted molar refractivity (Wildman–Crippen MR) is 73.2 cm³/mol. The lowest BCUT2D eigenvalue weighted by molar-refractivity contribution is -0.136. The Hall–Kier alpha value is -1.40. The summed E-state index contributed by atoms with van der Waals surface area (Å²) < 4.78 is 26.3. The summed E-state index contributed by atoms with van der Waals surface area (Å²) in [5.41, 5.74) is 0.872. The fraction of sp³-hybridized carbons (Fsp3) is 0.462. The summed E-state index contributed by atoms with van der Waals surface area (Å²) in [4.78, 5) is 10.4. The predicted octanol–water partition coefficient (Wildman–Crippen LogP) is 1.78. The van der Waals surface area contributed by atoms with Crippen molar-refractivity contribution in [1.82, 2.24) is 4.72 Å². The third-order valence-electron chi connectivity index (χ3n) is 2.72. The number of carboxylic acid groups (broad SMARTS) is 1. The van der Waals surface area contributed by atoms with Gasteiger partial charge >= 0.3 is 5.97 Å². The van der Waals surface area contributed by atoms with E-state index in [0.717, 1.165) is 5.56 Å². The van der Waals surface area contributed by atoms with Crippen molar-refractivity contribution in [2.45, 2.75) is 26.3 Å². The molecule has 2 N–H and O–H groups in total. The van der Waals surface area contributed by atoms with Crippen LogP contribution >= 0.6 is 0 Å². The van der Waals surface area contributed by atoms with E-state index in [-0.39, 0.29) is 12.0 Å². The van der Waals surface area contributed by atoms with E-state index in [0.29, 0.717) is 0 Å². The maximum Gasteiger partial charge on any atom is 0.304 e. The molecule has 0 fully saturated rings. The first-order valence-electron chi connectivity index (χ1n) is 6.08. The molecule has 1 atom stereocenters. The molecule has 19 heavy (non-hydrogen) atoms. The maximum atomic E-state index is 11.8. The highest BCUT2D eigenvalue weighted by Crippen LogP contribution is 2.22. The molecule has 0 aliphatic carbocycles. The minimum atomic E-state index is -3.60. The Bertz CT molecular complexity index is 511. The molecule has 106 valence electrons. The number of hydrogen-bond donors (Lipinski definition) is 2. The normalized spacial score (nSPS) is 13.4. The molecule has 5 nitrogen and oxygen atoms in total. The zero-order valence-corrected chi connectivity index (χ0v) is 11.9. The minimum absolute atomic E-state index is 0.0713. The van der Waals surface area contributed by atoms with Crippen LogP contribution in [0.3, 0.4) is 0 Å². The second-order valence-electron chi connectivity index (χ2n) is 4.71. The van der Waals surface area contributed by atoms with Crippen molar-refractivity contribution < 1.29 is 18.3 Å². The molecule has 0 saturated heterocycles. The molecule has 0 bridgehead atoms. The number of hydrogen-bond acceptors (Lipinski definition) is 3. The van der Waals surface area contributed by atoms with E-state index in [1.807, 2.05) is 44.2 Å². The van der Waals surface area contributed by atoms with Crippen molar-refractivity contribution in [1.29, 1.82) is 0 Å².